The molecule has 0 aromatic heterocycles. The van der Waals surface area contributed by atoms with Crippen molar-refractivity contribution in [3.8, 4) is 0 Å². The summed E-state index contributed by atoms with van der Waals surface area (Å²) < 4.78 is 0. The minimum absolute atomic E-state index is 0.892. The van der Waals surface area contributed by atoms with Crippen molar-refractivity contribution in [2.45, 2.75) is 47.0 Å². The van der Waals surface area contributed by atoms with E-state index >= 15 is 0 Å². The molecule has 0 aliphatic carbocycles. The Balaban J connectivity index is 0.000000686. The lowest BCUT2D eigenvalue weighted by molar-refractivity contribution is 0.144. The fraction of sp³-hybridized carbons (Fsp3) is 1.00. The maximum atomic E-state index is 3.35. The van der Waals surface area contributed by atoms with Gasteiger partial charge in [-0.15, -0.1) is 0 Å². The molecule has 2 nitrogen and oxygen atoms in total. The molecule has 2 aliphatic heterocycles. The molecule has 0 aromatic carbocycles. The van der Waals surface area contributed by atoms with Crippen molar-refractivity contribution in [2.75, 3.05) is 32.7 Å². The van der Waals surface area contributed by atoms with Gasteiger partial charge >= 0.3 is 0 Å². The Bertz CT molecular complexity index is 179. The van der Waals surface area contributed by atoms with Crippen molar-refractivity contribution in [3.63, 3.8) is 0 Å². The molecule has 0 radical (unpaired) electrons. The predicted octanol–water partition coefficient (Wildman–Crippen LogP) is 2.99. The predicted molar refractivity (Wildman–Crippen MR) is 76.3 cm³/mol. The second kappa shape index (κ2) is 8.10. The highest BCUT2D eigenvalue weighted by Crippen LogP contribution is 2.24. The number of hydrogen-bond donors (Lipinski definition) is 1. The van der Waals surface area contributed by atoms with Crippen molar-refractivity contribution in [1.82, 2.24) is 10.2 Å². The average molecular weight is 240 g/mol. The first-order valence-corrected chi connectivity index (χ1v) is 7.69. The molecule has 0 atom stereocenters. The van der Waals surface area contributed by atoms with Crippen LogP contribution in [0.1, 0.15) is 47.0 Å². The Kier molecular flexibility index (Phi) is 7.14. The first-order valence-electron chi connectivity index (χ1n) is 7.69. The zero-order valence-corrected chi connectivity index (χ0v) is 12.3. The summed E-state index contributed by atoms with van der Waals surface area (Å²) in [5.74, 6) is 2.86. The van der Waals surface area contributed by atoms with Crippen LogP contribution in [0.5, 0.6) is 0 Å². The summed E-state index contributed by atoms with van der Waals surface area (Å²) in [6.45, 7) is 15.3. The lowest BCUT2D eigenvalue weighted by Gasteiger charge is -2.35. The van der Waals surface area contributed by atoms with Crippen LogP contribution in [-0.4, -0.2) is 37.6 Å². The molecule has 2 fully saturated rings. The Labute approximate surface area is 108 Å². The highest BCUT2D eigenvalue weighted by atomic mass is 15.1. The lowest BCUT2D eigenvalue weighted by atomic mass is 9.86. The van der Waals surface area contributed by atoms with E-state index in [1.807, 2.05) is 13.8 Å². The lowest BCUT2D eigenvalue weighted by Crippen LogP contribution is -2.44. The number of likely N-dealkylation sites (tertiary alicyclic amines) is 1. The summed E-state index contributed by atoms with van der Waals surface area (Å²) >= 11 is 0. The van der Waals surface area contributed by atoms with E-state index in [0.717, 1.165) is 17.8 Å². The summed E-state index contributed by atoms with van der Waals surface area (Å²) in [7, 11) is 0. The largest absolute Gasteiger partial charge is 0.316 e. The van der Waals surface area contributed by atoms with E-state index in [1.165, 1.54) is 52.0 Å². The zero-order chi connectivity index (χ0) is 12.7. The molecule has 0 saturated carbocycles. The molecule has 0 aromatic rings. The molecular formula is C15H32N2. The Morgan fingerprint density at radius 1 is 1.12 bits per heavy atom. The van der Waals surface area contributed by atoms with Gasteiger partial charge in [0.1, 0.15) is 0 Å². The van der Waals surface area contributed by atoms with Crippen LogP contribution in [0.3, 0.4) is 0 Å². The Morgan fingerprint density at radius 2 is 1.71 bits per heavy atom. The molecule has 2 heterocycles. The smallest absolute Gasteiger partial charge is 0.000778 e. The van der Waals surface area contributed by atoms with Crippen LogP contribution >= 0.6 is 0 Å². The van der Waals surface area contributed by atoms with E-state index in [2.05, 4.69) is 24.1 Å². The van der Waals surface area contributed by atoms with Crippen LogP contribution in [0.25, 0.3) is 0 Å². The standard InChI is InChI=1S/C13H26N2.C2H6/c1-11(2)13-4-7-15(8-5-13)6-3-12-9-14-10-12;1-2/h11-14H,3-10H2,1-2H3;1-2H3. The molecule has 0 unspecified atom stereocenters. The minimum atomic E-state index is 0.892. The van der Waals surface area contributed by atoms with E-state index < -0.39 is 0 Å². The first kappa shape index (κ1) is 15.0. The first-order chi connectivity index (χ1) is 8.25. The Morgan fingerprint density at radius 3 is 2.12 bits per heavy atom. The fourth-order valence-electron chi connectivity index (χ4n) is 2.76. The van der Waals surface area contributed by atoms with Crippen molar-refractivity contribution in [1.29, 1.82) is 0 Å². The second-order valence-electron chi connectivity index (χ2n) is 5.74. The fourth-order valence-corrected chi connectivity index (χ4v) is 2.76. The topological polar surface area (TPSA) is 15.3 Å². The monoisotopic (exact) mass is 240 g/mol. The molecule has 102 valence electrons. The summed E-state index contributed by atoms with van der Waals surface area (Å²) in [6, 6.07) is 0. The van der Waals surface area contributed by atoms with Crippen LogP contribution in [-0.2, 0) is 0 Å². The summed E-state index contributed by atoms with van der Waals surface area (Å²) in [5, 5.41) is 3.35. The van der Waals surface area contributed by atoms with Gasteiger partial charge in [0.05, 0.1) is 0 Å². The van der Waals surface area contributed by atoms with Gasteiger partial charge in [0.2, 0.25) is 0 Å². The molecule has 0 spiro atoms. The summed E-state index contributed by atoms with van der Waals surface area (Å²) in [6.07, 6.45) is 4.28. The average Bonchev–Trinajstić information content (AvgIpc) is 2.30. The van der Waals surface area contributed by atoms with Gasteiger partial charge in [-0.3, -0.25) is 0 Å². The molecule has 2 saturated heterocycles. The van der Waals surface area contributed by atoms with E-state index in [-0.39, 0.29) is 0 Å². The van der Waals surface area contributed by atoms with E-state index in [0.29, 0.717) is 0 Å². The number of nitrogens with zero attached hydrogens (tertiary/aromatic N) is 1. The molecule has 17 heavy (non-hydrogen) atoms. The van der Waals surface area contributed by atoms with Gasteiger partial charge < -0.3 is 10.2 Å². The van der Waals surface area contributed by atoms with E-state index in [9.17, 15) is 0 Å². The third-order valence-electron chi connectivity index (χ3n) is 4.29. The van der Waals surface area contributed by atoms with Gasteiger partial charge in [0, 0.05) is 0 Å². The maximum absolute atomic E-state index is 3.35. The summed E-state index contributed by atoms with van der Waals surface area (Å²) in [5.41, 5.74) is 0. The third kappa shape index (κ3) is 4.97. The molecular weight excluding hydrogens is 208 g/mol. The van der Waals surface area contributed by atoms with Gasteiger partial charge in [-0.05, 0) is 69.7 Å². The molecule has 2 rings (SSSR count). The third-order valence-corrected chi connectivity index (χ3v) is 4.29. The van der Waals surface area contributed by atoms with Gasteiger partial charge in [-0.25, -0.2) is 0 Å². The van der Waals surface area contributed by atoms with Gasteiger partial charge in [-0.2, -0.15) is 0 Å². The van der Waals surface area contributed by atoms with E-state index in [1.54, 1.807) is 0 Å². The quantitative estimate of drug-likeness (QED) is 0.812. The van der Waals surface area contributed by atoms with Crippen molar-refractivity contribution >= 4 is 0 Å². The number of hydrogen-bond acceptors (Lipinski definition) is 2. The van der Waals surface area contributed by atoms with Crippen molar-refractivity contribution in [2.24, 2.45) is 17.8 Å². The second-order valence-corrected chi connectivity index (χ2v) is 5.74. The van der Waals surface area contributed by atoms with Gasteiger partial charge in [0.15, 0.2) is 0 Å². The zero-order valence-electron chi connectivity index (χ0n) is 12.3. The minimum Gasteiger partial charge on any atom is -0.316 e. The van der Waals surface area contributed by atoms with Crippen LogP contribution in [0.2, 0.25) is 0 Å². The summed E-state index contributed by atoms with van der Waals surface area (Å²) in [4.78, 5) is 2.68. The van der Waals surface area contributed by atoms with E-state index in [4.69, 9.17) is 0 Å². The SMILES string of the molecule is CC.CC(C)C1CCN(CCC2CNC2)CC1. The Hall–Kier alpha value is -0.0800. The molecule has 0 amide bonds. The van der Waals surface area contributed by atoms with Gasteiger partial charge in [0.25, 0.3) is 0 Å². The van der Waals surface area contributed by atoms with Crippen molar-refractivity contribution in [3.05, 3.63) is 0 Å². The molecule has 2 heteroatoms. The number of piperidine rings is 1. The number of rotatable bonds is 4. The molecule has 1 N–H and O–H groups in total. The van der Waals surface area contributed by atoms with Crippen LogP contribution in [0.15, 0.2) is 0 Å². The normalized spacial score (nSPS) is 23.1. The molecule has 2 aliphatic rings. The maximum Gasteiger partial charge on any atom is -0.000778 e. The highest BCUT2D eigenvalue weighted by molar-refractivity contribution is 4.78. The highest BCUT2D eigenvalue weighted by Gasteiger charge is 2.23. The van der Waals surface area contributed by atoms with Crippen LogP contribution in [0.4, 0.5) is 0 Å². The number of nitrogens with one attached hydrogen (secondary N) is 1. The van der Waals surface area contributed by atoms with Crippen LogP contribution < -0.4 is 5.32 Å². The van der Waals surface area contributed by atoms with Gasteiger partial charge in [-0.1, -0.05) is 27.7 Å². The van der Waals surface area contributed by atoms with Crippen molar-refractivity contribution < 1.29 is 0 Å². The van der Waals surface area contributed by atoms with Crippen LogP contribution in [0, 0.1) is 17.8 Å². The molecule has 0 bridgehead atoms.